The maximum Gasteiger partial charge on any atom is 0.0760 e. The van der Waals surface area contributed by atoms with Crippen LogP contribution in [0.4, 0.5) is 0 Å². The molecule has 21 heavy (non-hydrogen) atoms. The van der Waals surface area contributed by atoms with E-state index in [0.29, 0.717) is 5.92 Å². The lowest BCUT2D eigenvalue weighted by Crippen LogP contribution is -2.48. The molecule has 0 aliphatic carbocycles. The molecule has 3 rings (SSSR count). The average molecular weight is 284 g/mol. The van der Waals surface area contributed by atoms with Crippen molar-refractivity contribution in [2.75, 3.05) is 13.2 Å². The zero-order valence-corrected chi connectivity index (χ0v) is 12.8. The molecule has 0 fully saturated rings. The second-order valence-electron chi connectivity index (χ2n) is 6.17. The molecule has 112 valence electrons. The van der Waals surface area contributed by atoms with Crippen LogP contribution < -0.4 is 0 Å². The first kappa shape index (κ1) is 14.4. The van der Waals surface area contributed by atoms with E-state index in [1.165, 1.54) is 11.3 Å². The summed E-state index contributed by atoms with van der Waals surface area (Å²) in [5.74, 6) is 0.433. The number of nitrogens with zero attached hydrogens (tertiary/aromatic N) is 2. The molecule has 1 aliphatic heterocycles. The minimum Gasteiger partial charge on any atom is -0.395 e. The minimum absolute atomic E-state index is 0.193. The Kier molecular flexibility index (Phi) is 4.13. The largest absolute Gasteiger partial charge is 0.395 e. The molecule has 1 N–H and O–H groups in total. The van der Waals surface area contributed by atoms with Crippen LogP contribution in [0.3, 0.4) is 0 Å². The fourth-order valence-corrected chi connectivity index (χ4v) is 3.45. The third kappa shape index (κ3) is 2.63. The lowest BCUT2D eigenvalue weighted by atomic mass is 9.94. The van der Waals surface area contributed by atoms with Crippen molar-refractivity contribution in [2.24, 2.45) is 5.92 Å². The zero-order chi connectivity index (χ0) is 14.8. The number of benzene rings is 1. The van der Waals surface area contributed by atoms with Crippen LogP contribution in [0.25, 0.3) is 0 Å². The van der Waals surface area contributed by atoms with E-state index in [0.717, 1.165) is 13.1 Å². The summed E-state index contributed by atoms with van der Waals surface area (Å²) in [6.45, 7) is 6.56. The number of aliphatic hydroxyl groups excluding tert-OH is 1. The van der Waals surface area contributed by atoms with E-state index in [9.17, 15) is 5.11 Å². The lowest BCUT2D eigenvalue weighted by molar-refractivity contribution is 0.0502. The molecule has 1 aliphatic rings. The first-order valence-corrected chi connectivity index (χ1v) is 7.79. The van der Waals surface area contributed by atoms with Crippen LogP contribution >= 0.6 is 0 Å². The van der Waals surface area contributed by atoms with Gasteiger partial charge in [-0.1, -0.05) is 44.2 Å². The SMILES string of the molecule is CC(C)[C@@H](CO)N1CCn2cccc2[C@H]1c1ccccc1. The summed E-state index contributed by atoms with van der Waals surface area (Å²) in [7, 11) is 0. The zero-order valence-electron chi connectivity index (χ0n) is 12.8. The molecule has 0 bridgehead atoms. The van der Waals surface area contributed by atoms with Crippen molar-refractivity contribution in [2.45, 2.75) is 32.5 Å². The molecule has 0 saturated carbocycles. The highest BCUT2D eigenvalue weighted by molar-refractivity contribution is 5.30. The second kappa shape index (κ2) is 6.04. The van der Waals surface area contributed by atoms with E-state index in [4.69, 9.17) is 0 Å². The molecule has 0 spiro atoms. The first-order chi connectivity index (χ1) is 10.2. The van der Waals surface area contributed by atoms with Gasteiger partial charge < -0.3 is 9.67 Å². The predicted molar refractivity (Wildman–Crippen MR) is 85.1 cm³/mol. The topological polar surface area (TPSA) is 28.4 Å². The normalized spacial score (nSPS) is 20.5. The highest BCUT2D eigenvalue weighted by Crippen LogP contribution is 2.35. The highest BCUT2D eigenvalue weighted by atomic mass is 16.3. The number of aliphatic hydroxyl groups is 1. The summed E-state index contributed by atoms with van der Waals surface area (Å²) >= 11 is 0. The summed E-state index contributed by atoms with van der Waals surface area (Å²) in [5, 5.41) is 9.86. The number of rotatable bonds is 4. The van der Waals surface area contributed by atoms with Gasteiger partial charge in [-0.15, -0.1) is 0 Å². The Balaban J connectivity index is 2.04. The van der Waals surface area contributed by atoms with Crippen molar-refractivity contribution in [3.8, 4) is 0 Å². The second-order valence-corrected chi connectivity index (χ2v) is 6.17. The van der Waals surface area contributed by atoms with Gasteiger partial charge >= 0.3 is 0 Å². The smallest absolute Gasteiger partial charge is 0.0760 e. The van der Waals surface area contributed by atoms with E-state index in [1.807, 2.05) is 0 Å². The molecule has 0 amide bonds. The standard InChI is InChI=1S/C18H24N2O/c1-14(2)17(13-21)20-12-11-19-10-6-9-16(19)18(20)15-7-4-3-5-8-15/h3-10,14,17-18,21H,11-13H2,1-2H3/t17-,18-/m1/s1. The molecule has 1 aromatic carbocycles. The molecule has 0 saturated heterocycles. The van der Waals surface area contributed by atoms with Crippen molar-refractivity contribution in [1.29, 1.82) is 0 Å². The van der Waals surface area contributed by atoms with Crippen LogP contribution in [0.1, 0.15) is 31.1 Å². The molecular formula is C18H24N2O. The van der Waals surface area contributed by atoms with E-state index in [2.05, 4.69) is 72.0 Å². The van der Waals surface area contributed by atoms with Gasteiger partial charge in [-0.3, -0.25) is 4.90 Å². The Morgan fingerprint density at radius 2 is 1.86 bits per heavy atom. The number of aromatic nitrogens is 1. The Morgan fingerprint density at radius 1 is 1.10 bits per heavy atom. The Labute approximate surface area is 126 Å². The number of hydrogen-bond donors (Lipinski definition) is 1. The van der Waals surface area contributed by atoms with Gasteiger partial charge in [0.15, 0.2) is 0 Å². The van der Waals surface area contributed by atoms with Crippen LogP contribution in [0.15, 0.2) is 48.7 Å². The van der Waals surface area contributed by atoms with Crippen LogP contribution in [-0.2, 0) is 6.54 Å². The van der Waals surface area contributed by atoms with E-state index >= 15 is 0 Å². The minimum atomic E-state index is 0.193. The van der Waals surface area contributed by atoms with Crippen molar-refractivity contribution in [3.63, 3.8) is 0 Å². The average Bonchev–Trinajstić information content (AvgIpc) is 2.96. The Morgan fingerprint density at radius 3 is 2.52 bits per heavy atom. The van der Waals surface area contributed by atoms with Gasteiger partial charge in [-0.05, 0) is 23.6 Å². The van der Waals surface area contributed by atoms with Gasteiger partial charge in [0.2, 0.25) is 0 Å². The predicted octanol–water partition coefficient (Wildman–Crippen LogP) is 2.91. The van der Waals surface area contributed by atoms with Crippen molar-refractivity contribution < 1.29 is 5.11 Å². The van der Waals surface area contributed by atoms with Crippen molar-refractivity contribution in [3.05, 3.63) is 59.9 Å². The van der Waals surface area contributed by atoms with E-state index in [1.54, 1.807) is 0 Å². The fourth-order valence-electron chi connectivity index (χ4n) is 3.45. The van der Waals surface area contributed by atoms with Gasteiger partial charge in [0.1, 0.15) is 0 Å². The molecule has 0 radical (unpaired) electrons. The Bertz CT molecular complexity index is 576. The van der Waals surface area contributed by atoms with Gasteiger partial charge in [-0.25, -0.2) is 0 Å². The van der Waals surface area contributed by atoms with Crippen molar-refractivity contribution in [1.82, 2.24) is 9.47 Å². The molecular weight excluding hydrogens is 260 g/mol. The summed E-state index contributed by atoms with van der Waals surface area (Å²) < 4.78 is 2.34. The summed E-state index contributed by atoms with van der Waals surface area (Å²) in [6, 6.07) is 15.4. The first-order valence-electron chi connectivity index (χ1n) is 7.79. The lowest BCUT2D eigenvalue weighted by Gasteiger charge is -2.43. The summed E-state index contributed by atoms with van der Waals surface area (Å²) in [6.07, 6.45) is 2.16. The highest BCUT2D eigenvalue weighted by Gasteiger charge is 2.34. The van der Waals surface area contributed by atoms with Crippen LogP contribution in [-0.4, -0.2) is 33.8 Å². The van der Waals surface area contributed by atoms with Crippen LogP contribution in [0, 0.1) is 5.92 Å². The molecule has 1 aromatic heterocycles. The van der Waals surface area contributed by atoms with E-state index in [-0.39, 0.29) is 18.7 Å². The molecule has 3 heteroatoms. The quantitative estimate of drug-likeness (QED) is 0.935. The molecule has 2 aromatic rings. The van der Waals surface area contributed by atoms with Gasteiger partial charge in [-0.2, -0.15) is 0 Å². The van der Waals surface area contributed by atoms with Gasteiger partial charge in [0.25, 0.3) is 0 Å². The molecule has 3 nitrogen and oxygen atoms in total. The summed E-state index contributed by atoms with van der Waals surface area (Å²) in [4.78, 5) is 2.47. The molecule has 2 heterocycles. The van der Waals surface area contributed by atoms with Crippen LogP contribution in [0.5, 0.6) is 0 Å². The maximum absolute atomic E-state index is 9.86. The number of hydrogen-bond acceptors (Lipinski definition) is 2. The third-order valence-electron chi connectivity index (χ3n) is 4.57. The van der Waals surface area contributed by atoms with Crippen molar-refractivity contribution >= 4 is 0 Å². The number of fused-ring (bicyclic) bond motifs is 1. The van der Waals surface area contributed by atoms with Gasteiger partial charge in [0, 0.05) is 31.0 Å². The maximum atomic E-state index is 9.86. The Hall–Kier alpha value is -1.58. The molecule has 0 unspecified atom stereocenters. The van der Waals surface area contributed by atoms with Gasteiger partial charge in [0.05, 0.1) is 12.6 Å². The monoisotopic (exact) mass is 284 g/mol. The van der Waals surface area contributed by atoms with Crippen LogP contribution in [0.2, 0.25) is 0 Å². The molecule has 2 atom stereocenters. The summed E-state index contributed by atoms with van der Waals surface area (Å²) in [5.41, 5.74) is 2.63. The van der Waals surface area contributed by atoms with E-state index < -0.39 is 0 Å². The fraction of sp³-hybridized carbons (Fsp3) is 0.444. The third-order valence-corrected chi connectivity index (χ3v) is 4.57.